The van der Waals surface area contributed by atoms with E-state index in [2.05, 4.69) is 10.3 Å². The van der Waals surface area contributed by atoms with Crippen LogP contribution in [0, 0.1) is 5.92 Å². The molecule has 1 aliphatic carbocycles. The molecule has 4 rings (SSSR count). The van der Waals surface area contributed by atoms with Crippen LogP contribution in [0.25, 0.3) is 11.0 Å². The molecule has 2 heterocycles. The number of para-hydroxylation sites is 1. The fourth-order valence-corrected chi connectivity index (χ4v) is 4.04. The first-order valence-electron chi connectivity index (χ1n) is 8.71. The van der Waals surface area contributed by atoms with Gasteiger partial charge in [-0.15, -0.1) is 5.10 Å². The molecule has 1 saturated carbocycles. The maximum Gasteiger partial charge on any atom is 0.411 e. The second-order valence-electron chi connectivity index (χ2n) is 7.89. The van der Waals surface area contributed by atoms with Crippen molar-refractivity contribution in [1.82, 2.24) is 19.9 Å². The zero-order valence-electron chi connectivity index (χ0n) is 14.7. The predicted molar refractivity (Wildman–Crippen MR) is 91.1 cm³/mol. The highest BCUT2D eigenvalue weighted by molar-refractivity contribution is 5.94. The predicted octanol–water partition coefficient (Wildman–Crippen LogP) is 2.86. The van der Waals surface area contributed by atoms with Crippen molar-refractivity contribution in [3.05, 3.63) is 24.3 Å². The first kappa shape index (κ1) is 16.1. The van der Waals surface area contributed by atoms with Crippen molar-refractivity contribution in [3.63, 3.8) is 0 Å². The van der Waals surface area contributed by atoms with Crippen LogP contribution in [-0.4, -0.2) is 49.6 Å². The Bertz CT molecular complexity index is 838. The molecule has 2 fully saturated rings. The lowest BCUT2D eigenvalue weighted by Crippen LogP contribution is -2.52. The molecule has 7 nitrogen and oxygen atoms in total. The molecule has 1 amide bonds. The number of rotatable bonds is 1. The third-order valence-electron chi connectivity index (χ3n) is 5.00. The molecule has 0 N–H and O–H groups in total. The summed E-state index contributed by atoms with van der Waals surface area (Å²) in [4.78, 5) is 27.5. The number of amides is 1. The van der Waals surface area contributed by atoms with Gasteiger partial charge in [0.2, 0.25) is 0 Å². The molecule has 0 unspecified atom stereocenters. The van der Waals surface area contributed by atoms with E-state index >= 15 is 0 Å². The van der Waals surface area contributed by atoms with E-state index in [-0.39, 0.29) is 17.9 Å². The summed E-state index contributed by atoms with van der Waals surface area (Å²) in [6.45, 7) is 5.50. The number of ether oxygens (including phenoxy) is 1. The Morgan fingerprint density at radius 3 is 2.72 bits per heavy atom. The lowest BCUT2D eigenvalue weighted by molar-refractivity contribution is 0.00644. The van der Waals surface area contributed by atoms with Gasteiger partial charge in [-0.25, -0.2) is 4.79 Å². The maximum absolute atomic E-state index is 13.2. The Morgan fingerprint density at radius 2 is 1.96 bits per heavy atom. The van der Waals surface area contributed by atoms with Crippen molar-refractivity contribution in [2.24, 2.45) is 5.92 Å². The molecule has 1 aromatic heterocycles. The summed E-state index contributed by atoms with van der Waals surface area (Å²) in [6, 6.07) is 6.89. The SMILES string of the molecule is CC(C)(C)OC(=O)N1[C@@H]2CC[C@@H](C2)[C@H]1C(=O)n1nnc2ccccc21. The molecule has 0 radical (unpaired) electrons. The van der Waals surface area contributed by atoms with Crippen LogP contribution in [0.4, 0.5) is 4.79 Å². The molecule has 0 spiro atoms. The summed E-state index contributed by atoms with van der Waals surface area (Å²) < 4.78 is 6.88. The van der Waals surface area contributed by atoms with Crippen molar-refractivity contribution in [2.45, 2.75) is 57.7 Å². The van der Waals surface area contributed by atoms with Crippen LogP contribution in [-0.2, 0) is 4.74 Å². The zero-order chi connectivity index (χ0) is 17.8. The minimum Gasteiger partial charge on any atom is -0.444 e. The summed E-state index contributed by atoms with van der Waals surface area (Å²) in [5.41, 5.74) is 0.745. The van der Waals surface area contributed by atoms with Gasteiger partial charge >= 0.3 is 6.09 Å². The fourth-order valence-electron chi connectivity index (χ4n) is 4.04. The van der Waals surface area contributed by atoms with Gasteiger partial charge in [-0.2, -0.15) is 4.68 Å². The Balaban J connectivity index is 1.67. The fraction of sp³-hybridized carbons (Fsp3) is 0.556. The number of likely N-dealkylation sites (tertiary alicyclic amines) is 1. The van der Waals surface area contributed by atoms with Crippen LogP contribution >= 0.6 is 0 Å². The number of carbonyl (C=O) groups excluding carboxylic acids is 2. The highest BCUT2D eigenvalue weighted by Crippen LogP contribution is 2.43. The largest absolute Gasteiger partial charge is 0.444 e. The van der Waals surface area contributed by atoms with E-state index in [1.165, 1.54) is 4.68 Å². The first-order valence-corrected chi connectivity index (χ1v) is 8.71. The van der Waals surface area contributed by atoms with Crippen LogP contribution in [0.3, 0.4) is 0 Å². The van der Waals surface area contributed by atoms with Gasteiger partial charge in [-0.1, -0.05) is 17.3 Å². The quantitative estimate of drug-likeness (QED) is 0.796. The van der Waals surface area contributed by atoms with E-state index in [1.807, 2.05) is 45.0 Å². The third kappa shape index (κ3) is 2.67. The monoisotopic (exact) mass is 342 g/mol. The smallest absolute Gasteiger partial charge is 0.411 e. The number of hydrogen-bond donors (Lipinski definition) is 0. The Kier molecular flexibility index (Phi) is 3.56. The van der Waals surface area contributed by atoms with Crippen molar-refractivity contribution < 1.29 is 14.3 Å². The van der Waals surface area contributed by atoms with Gasteiger partial charge in [0.1, 0.15) is 17.2 Å². The van der Waals surface area contributed by atoms with E-state index in [1.54, 1.807) is 4.90 Å². The topological polar surface area (TPSA) is 77.3 Å². The molecule has 25 heavy (non-hydrogen) atoms. The molecular formula is C18H22N4O3. The Labute approximate surface area is 145 Å². The summed E-state index contributed by atoms with van der Waals surface area (Å²) in [6.07, 6.45) is 2.31. The van der Waals surface area contributed by atoms with E-state index in [0.717, 1.165) is 19.3 Å². The van der Waals surface area contributed by atoms with E-state index in [0.29, 0.717) is 11.0 Å². The van der Waals surface area contributed by atoms with E-state index < -0.39 is 17.7 Å². The molecule has 3 atom stereocenters. The van der Waals surface area contributed by atoms with Crippen molar-refractivity contribution in [2.75, 3.05) is 0 Å². The highest BCUT2D eigenvalue weighted by atomic mass is 16.6. The lowest BCUT2D eigenvalue weighted by Gasteiger charge is -2.35. The third-order valence-corrected chi connectivity index (χ3v) is 5.00. The number of benzene rings is 1. The number of nitrogens with zero attached hydrogens (tertiary/aromatic N) is 4. The Hall–Kier alpha value is -2.44. The van der Waals surface area contributed by atoms with E-state index in [4.69, 9.17) is 4.74 Å². The molecule has 1 aliphatic heterocycles. The molecule has 1 saturated heterocycles. The second-order valence-corrected chi connectivity index (χ2v) is 7.89. The number of hydrogen-bond acceptors (Lipinski definition) is 5. The molecular weight excluding hydrogens is 320 g/mol. The average molecular weight is 342 g/mol. The van der Waals surface area contributed by atoms with E-state index in [9.17, 15) is 9.59 Å². The summed E-state index contributed by atoms with van der Waals surface area (Å²) >= 11 is 0. The summed E-state index contributed by atoms with van der Waals surface area (Å²) in [7, 11) is 0. The number of fused-ring (bicyclic) bond motifs is 3. The average Bonchev–Trinajstić information content (AvgIpc) is 3.25. The van der Waals surface area contributed by atoms with Gasteiger partial charge in [-0.05, 0) is 58.1 Å². The van der Waals surface area contributed by atoms with Gasteiger partial charge in [0.05, 0.1) is 5.52 Å². The minimum absolute atomic E-state index is 0.0728. The van der Waals surface area contributed by atoms with Crippen molar-refractivity contribution in [3.8, 4) is 0 Å². The molecule has 132 valence electrons. The van der Waals surface area contributed by atoms with Gasteiger partial charge in [0.15, 0.2) is 0 Å². The molecule has 2 bridgehead atoms. The molecule has 2 aliphatic rings. The van der Waals surface area contributed by atoms with Crippen LogP contribution in [0.1, 0.15) is 44.8 Å². The van der Waals surface area contributed by atoms with Crippen molar-refractivity contribution >= 4 is 23.0 Å². The first-order chi connectivity index (χ1) is 11.8. The summed E-state index contributed by atoms with van der Waals surface area (Å²) in [5, 5.41) is 8.09. The second kappa shape index (κ2) is 5.54. The number of carbonyl (C=O) groups is 2. The molecule has 7 heteroatoms. The van der Waals surface area contributed by atoms with Gasteiger partial charge < -0.3 is 4.74 Å². The highest BCUT2D eigenvalue weighted by Gasteiger charge is 2.53. The van der Waals surface area contributed by atoms with Crippen LogP contribution < -0.4 is 0 Å². The lowest BCUT2D eigenvalue weighted by atomic mass is 9.98. The van der Waals surface area contributed by atoms with Crippen LogP contribution in [0.15, 0.2) is 24.3 Å². The number of piperidine rings is 1. The van der Waals surface area contributed by atoms with Gasteiger partial charge in [-0.3, -0.25) is 9.69 Å². The summed E-state index contributed by atoms with van der Waals surface area (Å²) in [5.74, 6) is -0.0419. The van der Waals surface area contributed by atoms with Gasteiger partial charge in [0.25, 0.3) is 5.91 Å². The molecule has 1 aromatic carbocycles. The Morgan fingerprint density at radius 1 is 1.20 bits per heavy atom. The van der Waals surface area contributed by atoms with Crippen molar-refractivity contribution in [1.29, 1.82) is 0 Å². The standard InChI is InChI=1S/C18H22N4O3/c1-18(2,3)25-17(24)21-12-9-8-11(10-12)15(21)16(23)22-14-7-5-4-6-13(14)19-20-22/h4-7,11-12,15H,8-10H2,1-3H3/t11-,12+,15-/m0/s1. The van der Waals surface area contributed by atoms with Crippen LogP contribution in [0.2, 0.25) is 0 Å². The molecule has 2 aromatic rings. The zero-order valence-corrected chi connectivity index (χ0v) is 14.7. The van der Waals surface area contributed by atoms with Gasteiger partial charge in [0, 0.05) is 6.04 Å². The maximum atomic E-state index is 13.2. The number of aromatic nitrogens is 3. The minimum atomic E-state index is -0.591. The van der Waals surface area contributed by atoms with Crippen LogP contribution in [0.5, 0.6) is 0 Å². The normalized spacial score (nSPS) is 25.6.